The molecule has 3 heterocycles. The van der Waals surface area contributed by atoms with Crippen LogP contribution in [-0.4, -0.2) is 67.3 Å². The lowest BCUT2D eigenvalue weighted by molar-refractivity contribution is 0.0564. The van der Waals surface area contributed by atoms with Gasteiger partial charge in [0.2, 0.25) is 0 Å². The first kappa shape index (κ1) is 16.5. The quantitative estimate of drug-likeness (QED) is 0.917. The second-order valence-corrected chi connectivity index (χ2v) is 7.65. The molecule has 7 heteroatoms. The molecule has 1 aromatic carbocycles. The number of nitrogens with zero attached hydrogens (tertiary/aromatic N) is 3. The van der Waals surface area contributed by atoms with Crippen molar-refractivity contribution < 1.29 is 9.53 Å². The lowest BCUT2D eigenvalue weighted by atomic mass is 10.0. The predicted octanol–water partition coefficient (Wildman–Crippen LogP) is 2.70. The fraction of sp³-hybridized carbons (Fsp3) is 0.444. The van der Waals surface area contributed by atoms with E-state index in [-0.39, 0.29) is 6.03 Å². The summed E-state index contributed by atoms with van der Waals surface area (Å²) >= 11 is 1.77. The van der Waals surface area contributed by atoms with Gasteiger partial charge < -0.3 is 19.9 Å². The van der Waals surface area contributed by atoms with E-state index >= 15 is 0 Å². The summed E-state index contributed by atoms with van der Waals surface area (Å²) in [6, 6.07) is 7.91. The Hall–Kier alpha value is -1.96. The number of likely N-dealkylation sites (N-methyl/N-ethyl adjacent to an activating group) is 1. The van der Waals surface area contributed by atoms with Crippen molar-refractivity contribution >= 4 is 23.1 Å². The van der Waals surface area contributed by atoms with E-state index in [4.69, 9.17) is 4.74 Å². The number of morpholine rings is 1. The zero-order valence-corrected chi connectivity index (χ0v) is 15.1. The molecule has 6 nitrogen and oxygen atoms in total. The fourth-order valence-electron chi connectivity index (χ4n) is 3.15. The lowest BCUT2D eigenvalue weighted by Gasteiger charge is -2.34. The molecule has 0 aliphatic carbocycles. The summed E-state index contributed by atoms with van der Waals surface area (Å²) in [6.45, 7) is 4.69. The van der Waals surface area contributed by atoms with Gasteiger partial charge in [0.25, 0.3) is 0 Å². The van der Waals surface area contributed by atoms with Gasteiger partial charge in [-0.1, -0.05) is 12.1 Å². The van der Waals surface area contributed by atoms with Crippen molar-refractivity contribution in [3.63, 3.8) is 0 Å². The Morgan fingerprint density at radius 1 is 1.24 bits per heavy atom. The summed E-state index contributed by atoms with van der Waals surface area (Å²) in [5, 5.41) is 4.17. The summed E-state index contributed by atoms with van der Waals surface area (Å²) in [5.74, 6) is 0.579. The molecule has 2 aromatic rings. The topological polar surface area (TPSA) is 57.7 Å². The number of thiazole rings is 1. The first-order chi connectivity index (χ1) is 12.2. The number of aromatic nitrogens is 1. The zero-order chi connectivity index (χ0) is 17.2. The number of nitrogens with one attached hydrogen (secondary N) is 1. The number of hydrogen-bond acceptors (Lipinski definition) is 5. The van der Waals surface area contributed by atoms with Gasteiger partial charge in [-0.2, -0.15) is 0 Å². The lowest BCUT2D eigenvalue weighted by Crippen LogP contribution is -2.43. The molecule has 4 rings (SSSR count). The second kappa shape index (κ2) is 7.11. The van der Waals surface area contributed by atoms with E-state index in [2.05, 4.69) is 22.2 Å². The highest BCUT2D eigenvalue weighted by Crippen LogP contribution is 2.34. The summed E-state index contributed by atoms with van der Waals surface area (Å²) < 4.78 is 5.27. The van der Waals surface area contributed by atoms with Gasteiger partial charge in [0.05, 0.1) is 23.1 Å². The van der Waals surface area contributed by atoms with Gasteiger partial charge in [-0.25, -0.2) is 9.78 Å². The molecular weight excluding hydrogens is 336 g/mol. The smallest absolute Gasteiger partial charge is 0.321 e. The maximum atomic E-state index is 12.2. The molecule has 132 valence electrons. The molecule has 0 saturated carbocycles. The summed E-state index contributed by atoms with van der Waals surface area (Å²) in [7, 11) is 2.13. The van der Waals surface area contributed by atoms with Gasteiger partial charge in [-0.05, 0) is 24.7 Å². The number of benzene rings is 1. The molecule has 2 fully saturated rings. The number of likely N-dealkylation sites (tertiary alicyclic amines) is 1. The van der Waals surface area contributed by atoms with Crippen molar-refractivity contribution in [2.24, 2.45) is 0 Å². The third-order valence-corrected chi connectivity index (χ3v) is 5.86. The third-order valence-electron chi connectivity index (χ3n) is 4.66. The monoisotopic (exact) mass is 358 g/mol. The highest BCUT2D eigenvalue weighted by molar-refractivity contribution is 7.15. The van der Waals surface area contributed by atoms with Crippen molar-refractivity contribution in [2.75, 3.05) is 51.8 Å². The SMILES string of the molecule is CN1CC(c2ncc(-c3ccc(NC(=O)N4CCOCC4)cc3)s2)C1. The van der Waals surface area contributed by atoms with Crippen molar-refractivity contribution in [1.29, 1.82) is 0 Å². The minimum absolute atomic E-state index is 0.0646. The van der Waals surface area contributed by atoms with E-state index in [9.17, 15) is 4.79 Å². The average Bonchev–Trinajstić information content (AvgIpc) is 3.10. The van der Waals surface area contributed by atoms with E-state index in [0.29, 0.717) is 32.2 Å². The van der Waals surface area contributed by atoms with Crippen LogP contribution in [0.25, 0.3) is 10.4 Å². The average molecular weight is 358 g/mol. The Balaban J connectivity index is 1.39. The van der Waals surface area contributed by atoms with Crippen LogP contribution in [0.2, 0.25) is 0 Å². The summed E-state index contributed by atoms with van der Waals surface area (Å²) in [5.41, 5.74) is 1.95. The van der Waals surface area contributed by atoms with E-state index in [1.54, 1.807) is 16.2 Å². The minimum Gasteiger partial charge on any atom is -0.378 e. The highest BCUT2D eigenvalue weighted by Gasteiger charge is 2.27. The van der Waals surface area contributed by atoms with Gasteiger partial charge in [-0.15, -0.1) is 11.3 Å². The molecule has 2 aliphatic heterocycles. The van der Waals surface area contributed by atoms with Crippen LogP contribution < -0.4 is 5.32 Å². The van der Waals surface area contributed by atoms with Gasteiger partial charge in [0, 0.05) is 44.0 Å². The van der Waals surface area contributed by atoms with Crippen LogP contribution in [0.3, 0.4) is 0 Å². The maximum absolute atomic E-state index is 12.2. The van der Waals surface area contributed by atoms with Crippen LogP contribution in [-0.2, 0) is 4.74 Å². The largest absolute Gasteiger partial charge is 0.378 e. The van der Waals surface area contributed by atoms with Crippen LogP contribution in [0.4, 0.5) is 10.5 Å². The molecule has 2 saturated heterocycles. The fourth-order valence-corrected chi connectivity index (χ4v) is 4.16. The van der Waals surface area contributed by atoms with Gasteiger partial charge in [-0.3, -0.25) is 0 Å². The number of urea groups is 1. The number of anilines is 1. The molecular formula is C18H22N4O2S. The Kier molecular flexibility index (Phi) is 4.70. The Bertz CT molecular complexity index is 734. The van der Waals surface area contributed by atoms with Crippen LogP contribution >= 0.6 is 11.3 Å². The molecule has 0 spiro atoms. The number of carbonyl (C=O) groups is 1. The number of hydrogen-bond donors (Lipinski definition) is 1. The van der Waals surface area contributed by atoms with Crippen LogP contribution in [0, 0.1) is 0 Å². The van der Waals surface area contributed by atoms with Gasteiger partial charge in [0.1, 0.15) is 0 Å². The normalized spacial score (nSPS) is 18.8. The third kappa shape index (κ3) is 3.68. The van der Waals surface area contributed by atoms with E-state index in [0.717, 1.165) is 24.3 Å². The molecule has 0 atom stereocenters. The summed E-state index contributed by atoms with van der Waals surface area (Å²) in [6.07, 6.45) is 1.96. The van der Waals surface area contributed by atoms with Crippen molar-refractivity contribution in [1.82, 2.24) is 14.8 Å². The summed E-state index contributed by atoms with van der Waals surface area (Å²) in [4.78, 5) is 22.1. The van der Waals surface area contributed by atoms with Gasteiger partial charge in [0.15, 0.2) is 0 Å². The van der Waals surface area contributed by atoms with Crippen LogP contribution in [0.5, 0.6) is 0 Å². The molecule has 2 amide bonds. The second-order valence-electron chi connectivity index (χ2n) is 6.59. The Morgan fingerprint density at radius 3 is 2.64 bits per heavy atom. The van der Waals surface area contributed by atoms with Gasteiger partial charge >= 0.3 is 6.03 Å². The van der Waals surface area contributed by atoms with E-state index in [1.165, 1.54) is 9.88 Å². The Morgan fingerprint density at radius 2 is 1.96 bits per heavy atom. The molecule has 1 N–H and O–H groups in total. The molecule has 0 bridgehead atoms. The minimum atomic E-state index is -0.0646. The van der Waals surface area contributed by atoms with Crippen LogP contribution in [0.1, 0.15) is 10.9 Å². The number of rotatable bonds is 3. The first-order valence-electron chi connectivity index (χ1n) is 8.57. The standard InChI is InChI=1S/C18H22N4O2S/c1-21-11-14(12-21)17-19-10-16(25-17)13-2-4-15(5-3-13)20-18(23)22-6-8-24-9-7-22/h2-5,10,14H,6-9,11-12H2,1H3,(H,20,23). The number of carbonyl (C=O) groups excluding carboxylic acids is 1. The van der Waals surface area contributed by atoms with Crippen molar-refractivity contribution in [2.45, 2.75) is 5.92 Å². The van der Waals surface area contributed by atoms with Crippen molar-refractivity contribution in [3.8, 4) is 10.4 Å². The number of ether oxygens (including phenoxy) is 1. The zero-order valence-electron chi connectivity index (χ0n) is 14.3. The van der Waals surface area contributed by atoms with E-state index < -0.39 is 0 Å². The first-order valence-corrected chi connectivity index (χ1v) is 9.39. The molecule has 25 heavy (non-hydrogen) atoms. The van der Waals surface area contributed by atoms with Crippen LogP contribution in [0.15, 0.2) is 30.5 Å². The molecule has 0 unspecified atom stereocenters. The highest BCUT2D eigenvalue weighted by atomic mass is 32.1. The molecule has 2 aliphatic rings. The molecule has 1 aromatic heterocycles. The number of amides is 2. The van der Waals surface area contributed by atoms with Crippen molar-refractivity contribution in [3.05, 3.63) is 35.5 Å². The molecule has 0 radical (unpaired) electrons. The predicted molar refractivity (Wildman–Crippen MR) is 99.2 cm³/mol. The Labute approximate surface area is 151 Å². The maximum Gasteiger partial charge on any atom is 0.321 e. The van der Waals surface area contributed by atoms with E-state index in [1.807, 2.05) is 30.5 Å².